The van der Waals surface area contributed by atoms with Gasteiger partial charge in [-0.1, -0.05) is 6.07 Å². The van der Waals surface area contributed by atoms with Crippen molar-refractivity contribution < 1.29 is 18.3 Å². The molecule has 1 aromatic heterocycles. The molecule has 0 aliphatic heterocycles. The van der Waals surface area contributed by atoms with Crippen molar-refractivity contribution in [3.63, 3.8) is 0 Å². The zero-order valence-corrected chi connectivity index (χ0v) is 11.7. The van der Waals surface area contributed by atoms with Crippen LogP contribution in [0.25, 0.3) is 11.0 Å². The molecule has 0 saturated carbocycles. The van der Waals surface area contributed by atoms with E-state index in [1.807, 2.05) is 0 Å². The zero-order valence-electron chi connectivity index (χ0n) is 10.1. The fourth-order valence-corrected chi connectivity index (χ4v) is 2.41. The van der Waals surface area contributed by atoms with Gasteiger partial charge in [0.2, 0.25) is 0 Å². The minimum atomic E-state index is -1.04. The molecule has 0 fully saturated rings. The molecule has 2 aromatic carbocycles. The lowest BCUT2D eigenvalue weighted by atomic mass is 10.1. The first-order valence-corrected chi connectivity index (χ1v) is 6.66. The Hall–Kier alpha value is -1.72. The van der Waals surface area contributed by atoms with E-state index in [0.717, 1.165) is 0 Å². The van der Waals surface area contributed by atoms with E-state index in [2.05, 4.69) is 15.9 Å². The first-order chi connectivity index (χ1) is 9.54. The van der Waals surface area contributed by atoms with Crippen LogP contribution in [-0.4, -0.2) is 5.11 Å². The summed E-state index contributed by atoms with van der Waals surface area (Å²) in [5.41, 5.74) is 0.972. The molecular formula is C15H9BrF2O2. The summed E-state index contributed by atoms with van der Waals surface area (Å²) in [6.45, 7) is 0. The molecule has 0 saturated heterocycles. The van der Waals surface area contributed by atoms with E-state index in [0.29, 0.717) is 16.5 Å². The van der Waals surface area contributed by atoms with Crippen LogP contribution in [0.4, 0.5) is 8.78 Å². The molecule has 0 aliphatic carbocycles. The lowest BCUT2D eigenvalue weighted by Crippen LogP contribution is -1.98. The van der Waals surface area contributed by atoms with Gasteiger partial charge in [-0.15, -0.1) is 0 Å². The number of benzene rings is 2. The van der Waals surface area contributed by atoms with E-state index < -0.39 is 11.9 Å². The minimum Gasteiger partial charge on any atom is -0.458 e. The van der Waals surface area contributed by atoms with Gasteiger partial charge in [0.05, 0.1) is 4.47 Å². The maximum atomic E-state index is 13.2. The second-order valence-electron chi connectivity index (χ2n) is 4.41. The summed E-state index contributed by atoms with van der Waals surface area (Å²) in [6, 6.07) is 9.89. The van der Waals surface area contributed by atoms with Crippen molar-refractivity contribution in [2.75, 3.05) is 0 Å². The van der Waals surface area contributed by atoms with Crippen LogP contribution < -0.4 is 0 Å². The molecule has 5 heteroatoms. The number of hydrogen-bond donors (Lipinski definition) is 1. The van der Waals surface area contributed by atoms with Crippen LogP contribution in [0.15, 0.2) is 51.4 Å². The topological polar surface area (TPSA) is 33.4 Å². The van der Waals surface area contributed by atoms with Gasteiger partial charge in [0.1, 0.15) is 29.1 Å². The van der Waals surface area contributed by atoms with E-state index in [-0.39, 0.29) is 16.1 Å². The third-order valence-electron chi connectivity index (χ3n) is 3.03. The summed E-state index contributed by atoms with van der Waals surface area (Å²) in [4.78, 5) is 0. The Morgan fingerprint density at radius 1 is 1.05 bits per heavy atom. The predicted octanol–water partition coefficient (Wildman–Crippen LogP) is 4.56. The number of halogens is 3. The first-order valence-electron chi connectivity index (χ1n) is 5.86. The minimum absolute atomic E-state index is 0.260. The highest BCUT2D eigenvalue weighted by molar-refractivity contribution is 9.10. The first kappa shape index (κ1) is 13.3. The van der Waals surface area contributed by atoms with Gasteiger partial charge >= 0.3 is 0 Å². The van der Waals surface area contributed by atoms with Crippen molar-refractivity contribution in [3.05, 3.63) is 69.9 Å². The fourth-order valence-electron chi connectivity index (χ4n) is 2.02. The third-order valence-corrected chi connectivity index (χ3v) is 3.63. The summed E-state index contributed by atoms with van der Waals surface area (Å²) in [5.74, 6) is -0.499. The maximum Gasteiger partial charge on any atom is 0.138 e. The molecule has 0 radical (unpaired) electrons. The summed E-state index contributed by atoms with van der Waals surface area (Å²) >= 11 is 3.06. The second-order valence-corrected chi connectivity index (χ2v) is 5.26. The molecule has 0 spiro atoms. The largest absolute Gasteiger partial charge is 0.458 e. The molecule has 1 heterocycles. The molecular weight excluding hydrogens is 330 g/mol. The number of fused-ring (bicyclic) bond motifs is 1. The van der Waals surface area contributed by atoms with Gasteiger partial charge < -0.3 is 9.52 Å². The molecule has 1 atom stereocenters. The predicted molar refractivity (Wildman–Crippen MR) is 74.3 cm³/mol. The maximum absolute atomic E-state index is 13.2. The number of aliphatic hydroxyl groups excluding tert-OH is 1. The van der Waals surface area contributed by atoms with Crippen LogP contribution in [0.3, 0.4) is 0 Å². The lowest BCUT2D eigenvalue weighted by Gasteiger charge is -2.08. The normalized spacial score (nSPS) is 12.8. The average molecular weight is 339 g/mol. The summed E-state index contributed by atoms with van der Waals surface area (Å²) < 4.78 is 32.0. The smallest absolute Gasteiger partial charge is 0.138 e. The van der Waals surface area contributed by atoms with E-state index in [4.69, 9.17) is 4.42 Å². The van der Waals surface area contributed by atoms with Crippen molar-refractivity contribution in [2.24, 2.45) is 0 Å². The third kappa shape index (κ3) is 2.34. The number of hydrogen-bond acceptors (Lipinski definition) is 2. The highest BCUT2D eigenvalue weighted by Crippen LogP contribution is 2.30. The van der Waals surface area contributed by atoms with Crippen LogP contribution in [0.2, 0.25) is 0 Å². The molecule has 0 amide bonds. The molecule has 102 valence electrons. The SMILES string of the molecule is OC(c1ccc(F)c(Br)c1)c1cc2cc(F)ccc2o1. The van der Waals surface area contributed by atoms with Gasteiger partial charge in [-0.25, -0.2) is 8.78 Å². The Bertz CT molecular complexity index is 783. The Kier molecular flexibility index (Phi) is 3.31. The molecule has 3 aromatic rings. The van der Waals surface area contributed by atoms with Crippen LogP contribution in [0.1, 0.15) is 17.4 Å². The molecule has 1 unspecified atom stereocenters. The average Bonchev–Trinajstić information content (AvgIpc) is 2.84. The molecule has 1 N–H and O–H groups in total. The number of rotatable bonds is 2. The fraction of sp³-hybridized carbons (Fsp3) is 0.0667. The van der Waals surface area contributed by atoms with Crippen molar-refractivity contribution in [1.29, 1.82) is 0 Å². The van der Waals surface area contributed by atoms with E-state index >= 15 is 0 Å². The van der Waals surface area contributed by atoms with E-state index in [9.17, 15) is 13.9 Å². The standard InChI is InChI=1S/C15H9BrF2O2/c16-11-6-8(1-3-12(11)18)15(19)14-7-9-5-10(17)2-4-13(9)20-14/h1-7,15,19H. The summed E-state index contributed by atoms with van der Waals surface area (Å²) in [5, 5.41) is 10.8. The van der Waals surface area contributed by atoms with Crippen molar-refractivity contribution >= 4 is 26.9 Å². The summed E-state index contributed by atoms with van der Waals surface area (Å²) in [7, 11) is 0. The van der Waals surface area contributed by atoms with Crippen LogP contribution >= 0.6 is 15.9 Å². The van der Waals surface area contributed by atoms with Crippen molar-refractivity contribution in [1.82, 2.24) is 0 Å². The van der Waals surface area contributed by atoms with Crippen molar-refractivity contribution in [2.45, 2.75) is 6.10 Å². The second kappa shape index (κ2) is 5.00. The zero-order chi connectivity index (χ0) is 14.3. The van der Waals surface area contributed by atoms with Gasteiger partial charge in [0, 0.05) is 5.39 Å². The van der Waals surface area contributed by atoms with Crippen LogP contribution in [-0.2, 0) is 0 Å². The molecule has 20 heavy (non-hydrogen) atoms. The van der Waals surface area contributed by atoms with Crippen molar-refractivity contribution in [3.8, 4) is 0 Å². The molecule has 0 aliphatic rings. The van der Waals surface area contributed by atoms with Gasteiger partial charge in [0.15, 0.2) is 0 Å². The molecule has 2 nitrogen and oxygen atoms in total. The van der Waals surface area contributed by atoms with Gasteiger partial charge in [-0.05, 0) is 57.9 Å². The van der Waals surface area contributed by atoms with Gasteiger partial charge in [0.25, 0.3) is 0 Å². The number of furan rings is 1. The van der Waals surface area contributed by atoms with Gasteiger partial charge in [-0.2, -0.15) is 0 Å². The van der Waals surface area contributed by atoms with Crippen LogP contribution in [0, 0.1) is 11.6 Å². The van der Waals surface area contributed by atoms with E-state index in [1.165, 1.54) is 36.4 Å². The lowest BCUT2D eigenvalue weighted by molar-refractivity contribution is 0.192. The molecule has 3 rings (SSSR count). The Morgan fingerprint density at radius 3 is 2.60 bits per heavy atom. The van der Waals surface area contributed by atoms with Gasteiger partial charge in [-0.3, -0.25) is 0 Å². The Morgan fingerprint density at radius 2 is 1.85 bits per heavy atom. The quantitative estimate of drug-likeness (QED) is 0.743. The highest BCUT2D eigenvalue weighted by atomic mass is 79.9. The Balaban J connectivity index is 2.02. The highest BCUT2D eigenvalue weighted by Gasteiger charge is 2.17. The van der Waals surface area contributed by atoms with E-state index in [1.54, 1.807) is 6.07 Å². The Labute approximate surface area is 121 Å². The summed E-state index contributed by atoms with van der Waals surface area (Å²) in [6.07, 6.45) is -1.04. The van der Waals surface area contributed by atoms with Crippen LogP contribution in [0.5, 0.6) is 0 Å². The number of aliphatic hydroxyl groups is 1. The monoisotopic (exact) mass is 338 g/mol. The molecule has 0 bridgehead atoms.